The van der Waals surface area contributed by atoms with Gasteiger partial charge in [0, 0.05) is 37.8 Å². The van der Waals surface area contributed by atoms with Gasteiger partial charge in [0.05, 0.1) is 19.8 Å². The van der Waals surface area contributed by atoms with Crippen molar-refractivity contribution >= 4 is 29.4 Å². The number of hydrogen-bond donors (Lipinski definition) is 0. The van der Waals surface area contributed by atoms with Gasteiger partial charge in [-0.15, -0.1) is 0 Å². The van der Waals surface area contributed by atoms with Crippen LogP contribution in [0.2, 0.25) is 0 Å². The van der Waals surface area contributed by atoms with Crippen LogP contribution in [0.15, 0.2) is 24.3 Å². The molecule has 0 aliphatic carbocycles. The molecule has 3 rings (SSSR count). The van der Waals surface area contributed by atoms with Crippen molar-refractivity contribution in [3.05, 3.63) is 29.8 Å². The Morgan fingerprint density at radius 3 is 2.42 bits per heavy atom. The molecule has 0 saturated carbocycles. The molecule has 2 saturated heterocycles. The van der Waals surface area contributed by atoms with Gasteiger partial charge in [-0.1, -0.05) is 6.07 Å². The van der Waals surface area contributed by atoms with E-state index in [0.717, 1.165) is 6.92 Å². The minimum atomic E-state index is -1.55. The van der Waals surface area contributed by atoms with Gasteiger partial charge in [-0.05, 0) is 39.0 Å². The van der Waals surface area contributed by atoms with E-state index in [1.807, 2.05) is 0 Å². The number of benzene rings is 1. The van der Waals surface area contributed by atoms with Crippen molar-refractivity contribution in [3.63, 3.8) is 0 Å². The van der Waals surface area contributed by atoms with Crippen LogP contribution in [0.1, 0.15) is 38.1 Å². The van der Waals surface area contributed by atoms with Crippen LogP contribution in [0.3, 0.4) is 0 Å². The van der Waals surface area contributed by atoms with E-state index in [-0.39, 0.29) is 19.1 Å². The summed E-state index contributed by atoms with van der Waals surface area (Å²) < 4.78 is 21.3. The summed E-state index contributed by atoms with van der Waals surface area (Å²) in [5.74, 6) is -2.31. The first-order chi connectivity index (χ1) is 15.6. The molecular weight excluding hydrogens is 432 g/mol. The summed E-state index contributed by atoms with van der Waals surface area (Å²) in [6, 6.07) is 6.71. The molecule has 2 fully saturated rings. The second-order valence-corrected chi connectivity index (χ2v) is 8.80. The molecule has 0 N–H and O–H groups in total. The van der Waals surface area contributed by atoms with E-state index < -0.39 is 35.7 Å². The molecule has 0 aromatic heterocycles. The zero-order chi connectivity index (χ0) is 24.2. The highest BCUT2D eigenvalue weighted by molar-refractivity contribution is 6.02. The van der Waals surface area contributed by atoms with Gasteiger partial charge in [0.15, 0.2) is 6.10 Å². The predicted molar refractivity (Wildman–Crippen MR) is 117 cm³/mol. The molecule has 2 aliphatic rings. The molecule has 2 amide bonds. The molecule has 0 spiro atoms. The van der Waals surface area contributed by atoms with Crippen molar-refractivity contribution in [1.82, 2.24) is 4.90 Å². The lowest BCUT2D eigenvalue weighted by Gasteiger charge is -2.36. The first-order valence-corrected chi connectivity index (χ1v) is 10.9. The van der Waals surface area contributed by atoms with E-state index in [0.29, 0.717) is 37.6 Å². The van der Waals surface area contributed by atoms with Crippen LogP contribution in [0.4, 0.5) is 5.69 Å². The molecule has 1 aromatic rings. The number of carbonyl (C=O) groups is 4. The van der Waals surface area contributed by atoms with Gasteiger partial charge in [0.25, 0.3) is 11.8 Å². The molecule has 2 heterocycles. The molecule has 0 radical (unpaired) electrons. The number of hydrogen-bond acceptors (Lipinski definition) is 8. The van der Waals surface area contributed by atoms with Crippen LogP contribution in [0, 0.1) is 0 Å². The topological polar surface area (TPSA) is 112 Å². The van der Waals surface area contributed by atoms with Gasteiger partial charge in [0.1, 0.15) is 5.60 Å². The molecule has 0 unspecified atom stereocenters. The Morgan fingerprint density at radius 1 is 1.09 bits per heavy atom. The predicted octanol–water partition coefficient (Wildman–Crippen LogP) is 1.16. The van der Waals surface area contributed by atoms with E-state index in [4.69, 9.17) is 18.9 Å². The van der Waals surface area contributed by atoms with Crippen molar-refractivity contribution in [2.75, 3.05) is 44.4 Å². The lowest BCUT2D eigenvalue weighted by Crippen LogP contribution is -2.56. The highest BCUT2D eigenvalue weighted by atomic mass is 16.6. The molecule has 0 bridgehead atoms. The summed E-state index contributed by atoms with van der Waals surface area (Å²) in [5, 5.41) is 0. The summed E-state index contributed by atoms with van der Waals surface area (Å²) >= 11 is 0. The van der Waals surface area contributed by atoms with Crippen LogP contribution < -0.4 is 4.90 Å². The third-order valence-corrected chi connectivity index (χ3v) is 5.03. The van der Waals surface area contributed by atoms with E-state index in [9.17, 15) is 19.2 Å². The maximum atomic E-state index is 13.3. The first-order valence-electron chi connectivity index (χ1n) is 10.9. The zero-order valence-corrected chi connectivity index (χ0v) is 19.4. The Bertz CT molecular complexity index is 904. The smallest absolute Gasteiger partial charge is 0.351 e. The standard InChI is InChI=1S/C23H30N2O8/c1-15(26)32-19(22(29)33-23(2,3)4)18-21(28)25(10-13-31-18)17-7-5-6-16(14-17)20(27)24-8-11-30-12-9-24/h5-7,14,18-19H,8-13H2,1-4H3/t18-,19-/m1/s1. The van der Waals surface area contributed by atoms with Crippen molar-refractivity contribution in [2.45, 2.75) is 45.5 Å². The molecule has 33 heavy (non-hydrogen) atoms. The highest BCUT2D eigenvalue weighted by Crippen LogP contribution is 2.24. The van der Waals surface area contributed by atoms with E-state index in [2.05, 4.69) is 0 Å². The van der Waals surface area contributed by atoms with E-state index in [1.54, 1.807) is 49.9 Å². The normalized spacial score (nSPS) is 20.2. The summed E-state index contributed by atoms with van der Waals surface area (Å²) in [6.07, 6.45) is -2.91. The SMILES string of the molecule is CC(=O)O[C@@H](C(=O)OC(C)(C)C)[C@H]1OCCN(c2cccc(C(=O)N3CCOCC3)c2)C1=O. The number of nitrogens with zero attached hydrogens (tertiary/aromatic N) is 2. The Kier molecular flexibility index (Phi) is 7.70. The highest BCUT2D eigenvalue weighted by Gasteiger charge is 2.44. The monoisotopic (exact) mass is 462 g/mol. The largest absolute Gasteiger partial charge is 0.457 e. The Labute approximate surface area is 192 Å². The fraction of sp³-hybridized carbons (Fsp3) is 0.565. The van der Waals surface area contributed by atoms with Gasteiger partial charge >= 0.3 is 11.9 Å². The summed E-state index contributed by atoms with van der Waals surface area (Å²) in [5.41, 5.74) is 0.0771. The van der Waals surface area contributed by atoms with Crippen LogP contribution >= 0.6 is 0 Å². The first kappa shape index (κ1) is 24.7. The molecule has 1 aromatic carbocycles. The molecule has 2 atom stereocenters. The van der Waals surface area contributed by atoms with Crippen molar-refractivity contribution in [2.24, 2.45) is 0 Å². The Hall–Kier alpha value is -2.98. The van der Waals surface area contributed by atoms with Crippen molar-refractivity contribution < 1.29 is 38.1 Å². The maximum Gasteiger partial charge on any atom is 0.351 e. The fourth-order valence-corrected chi connectivity index (χ4v) is 3.61. The fourth-order valence-electron chi connectivity index (χ4n) is 3.61. The van der Waals surface area contributed by atoms with Gasteiger partial charge in [-0.3, -0.25) is 14.4 Å². The second kappa shape index (κ2) is 10.3. The lowest BCUT2D eigenvalue weighted by atomic mass is 10.1. The second-order valence-electron chi connectivity index (χ2n) is 8.80. The number of carbonyl (C=O) groups excluding carboxylic acids is 4. The number of amides is 2. The van der Waals surface area contributed by atoms with Crippen LogP contribution in [-0.4, -0.2) is 85.9 Å². The number of esters is 2. The van der Waals surface area contributed by atoms with E-state index in [1.165, 1.54) is 4.90 Å². The number of anilines is 1. The molecule has 2 aliphatic heterocycles. The van der Waals surface area contributed by atoms with E-state index >= 15 is 0 Å². The molecular formula is C23H30N2O8. The van der Waals surface area contributed by atoms with Crippen LogP contribution in [0.5, 0.6) is 0 Å². The minimum Gasteiger partial charge on any atom is -0.457 e. The van der Waals surface area contributed by atoms with Crippen LogP contribution in [-0.2, 0) is 33.3 Å². The summed E-state index contributed by atoms with van der Waals surface area (Å²) in [6.45, 7) is 8.44. The Balaban J connectivity index is 1.82. The number of morpholine rings is 2. The average molecular weight is 462 g/mol. The van der Waals surface area contributed by atoms with Crippen molar-refractivity contribution in [1.29, 1.82) is 0 Å². The summed E-state index contributed by atoms with van der Waals surface area (Å²) in [4.78, 5) is 53.6. The summed E-state index contributed by atoms with van der Waals surface area (Å²) in [7, 11) is 0. The zero-order valence-electron chi connectivity index (χ0n) is 19.4. The molecule has 10 nitrogen and oxygen atoms in total. The van der Waals surface area contributed by atoms with Gasteiger partial charge in [0.2, 0.25) is 6.10 Å². The average Bonchev–Trinajstić information content (AvgIpc) is 2.77. The third kappa shape index (κ3) is 6.29. The van der Waals surface area contributed by atoms with Gasteiger partial charge in [-0.2, -0.15) is 0 Å². The maximum absolute atomic E-state index is 13.3. The minimum absolute atomic E-state index is 0.110. The molecule has 10 heteroatoms. The third-order valence-electron chi connectivity index (χ3n) is 5.03. The number of ether oxygens (including phenoxy) is 4. The van der Waals surface area contributed by atoms with Crippen molar-refractivity contribution in [3.8, 4) is 0 Å². The number of rotatable bonds is 5. The molecule has 180 valence electrons. The lowest BCUT2D eigenvalue weighted by molar-refractivity contribution is -0.188. The van der Waals surface area contributed by atoms with Crippen LogP contribution in [0.25, 0.3) is 0 Å². The Morgan fingerprint density at radius 2 is 1.79 bits per heavy atom. The quantitative estimate of drug-likeness (QED) is 0.600. The van der Waals surface area contributed by atoms with Gasteiger partial charge < -0.3 is 28.7 Å². The van der Waals surface area contributed by atoms with Gasteiger partial charge in [-0.25, -0.2) is 4.79 Å².